The van der Waals surface area contributed by atoms with Crippen LogP contribution in [0.25, 0.3) is 0 Å². The van der Waals surface area contributed by atoms with Gasteiger partial charge in [-0.05, 0) is 33.2 Å². The maximum Gasteiger partial charge on any atom is 0.201 e. The SMILES string of the molecule is CO[C@@H]1OC(CO)[C@H](O)C(O[Si](C(C)C)(C(C)C)C(C)C)C1O[Si](C(C)C)(C(C)C)C(C)C. The standard InChI is InChI=1S/C25H54O6Si2/c1-15(2)32(16(3)4,17(5)6)30-23-22(27)21(14-26)29-25(28-13)24(23)31-33(18(7)8,19(9)10)20(11)12/h15-27H,14H2,1-13H3/t21?,22-,23?,24?,25+/m0/s1. The van der Waals surface area contributed by atoms with Crippen molar-refractivity contribution in [3.8, 4) is 0 Å². The minimum Gasteiger partial charge on any atom is -0.408 e. The Morgan fingerprint density at radius 1 is 0.667 bits per heavy atom. The Labute approximate surface area is 206 Å². The van der Waals surface area contributed by atoms with E-state index in [1.807, 2.05) is 0 Å². The Balaban J connectivity index is 3.67. The van der Waals surface area contributed by atoms with Crippen molar-refractivity contribution >= 4 is 16.6 Å². The lowest BCUT2D eigenvalue weighted by molar-refractivity contribution is -0.288. The molecule has 6 nitrogen and oxygen atoms in total. The number of aliphatic hydroxyl groups is 2. The van der Waals surface area contributed by atoms with Gasteiger partial charge in [-0.3, -0.25) is 0 Å². The highest BCUT2D eigenvalue weighted by atomic mass is 28.4. The summed E-state index contributed by atoms with van der Waals surface area (Å²) in [4.78, 5) is 0. The van der Waals surface area contributed by atoms with Crippen LogP contribution in [0.15, 0.2) is 0 Å². The summed E-state index contributed by atoms with van der Waals surface area (Å²) in [6.45, 7) is 26.6. The van der Waals surface area contributed by atoms with E-state index >= 15 is 0 Å². The summed E-state index contributed by atoms with van der Waals surface area (Å²) in [5.41, 5.74) is 2.15. The second-order valence-corrected chi connectivity index (χ2v) is 22.6. The molecule has 0 bridgehead atoms. The van der Waals surface area contributed by atoms with E-state index in [0.717, 1.165) is 0 Å². The fourth-order valence-electron chi connectivity index (χ4n) is 6.78. The molecule has 1 saturated heterocycles. The molecule has 0 amide bonds. The van der Waals surface area contributed by atoms with Crippen molar-refractivity contribution in [1.82, 2.24) is 0 Å². The van der Waals surface area contributed by atoms with Gasteiger partial charge in [0.1, 0.15) is 24.4 Å². The molecule has 1 rings (SSSR count). The second kappa shape index (κ2) is 12.4. The molecule has 0 saturated carbocycles. The Morgan fingerprint density at radius 3 is 1.27 bits per heavy atom. The zero-order chi connectivity index (χ0) is 25.9. The van der Waals surface area contributed by atoms with E-state index < -0.39 is 47.3 Å². The maximum atomic E-state index is 11.4. The highest BCUT2D eigenvalue weighted by molar-refractivity contribution is 6.78. The Hall–Kier alpha value is 0.194. The van der Waals surface area contributed by atoms with Crippen molar-refractivity contribution in [1.29, 1.82) is 0 Å². The number of hydrogen-bond acceptors (Lipinski definition) is 6. The molecule has 33 heavy (non-hydrogen) atoms. The molecule has 0 aliphatic carbocycles. The van der Waals surface area contributed by atoms with Crippen molar-refractivity contribution in [2.24, 2.45) is 0 Å². The largest absolute Gasteiger partial charge is 0.408 e. The summed E-state index contributed by atoms with van der Waals surface area (Å²) >= 11 is 0. The van der Waals surface area contributed by atoms with Crippen LogP contribution in [0.3, 0.4) is 0 Å². The molecule has 3 unspecified atom stereocenters. The molecule has 0 spiro atoms. The monoisotopic (exact) mass is 506 g/mol. The first-order chi connectivity index (χ1) is 15.1. The number of methoxy groups -OCH3 is 1. The highest BCUT2D eigenvalue weighted by Crippen LogP contribution is 2.48. The van der Waals surface area contributed by atoms with Gasteiger partial charge < -0.3 is 28.5 Å². The molecule has 198 valence electrons. The van der Waals surface area contributed by atoms with Crippen LogP contribution in [0.1, 0.15) is 83.1 Å². The number of hydrogen-bond donors (Lipinski definition) is 2. The molecule has 2 N–H and O–H groups in total. The van der Waals surface area contributed by atoms with E-state index in [1.54, 1.807) is 7.11 Å². The predicted molar refractivity (Wildman–Crippen MR) is 141 cm³/mol. The number of ether oxygens (including phenoxy) is 2. The zero-order valence-electron chi connectivity index (χ0n) is 23.6. The first-order valence-corrected chi connectivity index (χ1v) is 17.3. The summed E-state index contributed by atoms with van der Waals surface area (Å²) in [6.07, 6.45) is -3.66. The van der Waals surface area contributed by atoms with E-state index in [2.05, 4.69) is 83.1 Å². The van der Waals surface area contributed by atoms with Crippen molar-refractivity contribution in [3.05, 3.63) is 0 Å². The number of aliphatic hydroxyl groups excluding tert-OH is 2. The fourth-order valence-corrected chi connectivity index (χ4v) is 17.9. The van der Waals surface area contributed by atoms with Crippen molar-refractivity contribution in [2.45, 2.75) is 147 Å². The van der Waals surface area contributed by atoms with E-state index in [9.17, 15) is 10.2 Å². The minimum atomic E-state index is -2.36. The van der Waals surface area contributed by atoms with Crippen molar-refractivity contribution in [2.75, 3.05) is 13.7 Å². The summed E-state index contributed by atoms with van der Waals surface area (Å²) in [5.74, 6) is 0. The van der Waals surface area contributed by atoms with Crippen LogP contribution in [0.5, 0.6) is 0 Å². The molecule has 8 heteroatoms. The summed E-state index contributed by atoms with van der Waals surface area (Å²) in [7, 11) is -3.09. The van der Waals surface area contributed by atoms with E-state index in [1.165, 1.54) is 0 Å². The first-order valence-electron chi connectivity index (χ1n) is 13.0. The third-order valence-corrected chi connectivity index (χ3v) is 20.3. The van der Waals surface area contributed by atoms with Crippen LogP contribution in [-0.4, -0.2) is 71.3 Å². The summed E-state index contributed by atoms with van der Waals surface area (Å²) in [5, 5.41) is 21.4. The van der Waals surface area contributed by atoms with Gasteiger partial charge >= 0.3 is 0 Å². The highest BCUT2D eigenvalue weighted by Gasteiger charge is 2.57. The topological polar surface area (TPSA) is 77.4 Å². The van der Waals surface area contributed by atoms with Crippen LogP contribution >= 0.6 is 0 Å². The molecule has 1 aliphatic heterocycles. The summed E-state index contributed by atoms with van der Waals surface area (Å²) < 4.78 is 26.1. The molecular formula is C25H54O6Si2. The Bertz CT molecular complexity index is 538. The molecule has 1 aliphatic rings. The van der Waals surface area contributed by atoms with E-state index in [4.69, 9.17) is 18.3 Å². The average molecular weight is 507 g/mol. The van der Waals surface area contributed by atoms with Gasteiger partial charge in [0.15, 0.2) is 6.29 Å². The van der Waals surface area contributed by atoms with Crippen LogP contribution in [0, 0.1) is 0 Å². The maximum absolute atomic E-state index is 11.4. The minimum absolute atomic E-state index is 0.297. The van der Waals surface area contributed by atoms with Gasteiger partial charge in [-0.2, -0.15) is 0 Å². The molecular weight excluding hydrogens is 452 g/mol. The second-order valence-electron chi connectivity index (χ2n) is 11.8. The first kappa shape index (κ1) is 31.2. The Kier molecular flexibility index (Phi) is 11.8. The zero-order valence-corrected chi connectivity index (χ0v) is 25.6. The molecule has 1 heterocycles. The van der Waals surface area contributed by atoms with Gasteiger partial charge in [-0.1, -0.05) is 83.1 Å². The third kappa shape index (κ3) is 5.96. The smallest absolute Gasteiger partial charge is 0.201 e. The molecule has 0 aromatic heterocycles. The molecule has 5 atom stereocenters. The van der Waals surface area contributed by atoms with E-state index in [0.29, 0.717) is 33.2 Å². The fraction of sp³-hybridized carbons (Fsp3) is 1.00. The lowest BCUT2D eigenvalue weighted by Crippen LogP contribution is -2.67. The van der Waals surface area contributed by atoms with Gasteiger partial charge in [-0.15, -0.1) is 0 Å². The van der Waals surface area contributed by atoms with Gasteiger partial charge in [0, 0.05) is 7.11 Å². The normalized spacial score (nSPS) is 27.7. The third-order valence-electron chi connectivity index (χ3n) is 8.13. The van der Waals surface area contributed by atoms with Crippen molar-refractivity contribution in [3.63, 3.8) is 0 Å². The van der Waals surface area contributed by atoms with Gasteiger partial charge in [-0.25, -0.2) is 0 Å². The Morgan fingerprint density at radius 2 is 1.00 bits per heavy atom. The van der Waals surface area contributed by atoms with Gasteiger partial charge in [0.25, 0.3) is 0 Å². The van der Waals surface area contributed by atoms with Gasteiger partial charge in [0.05, 0.1) is 6.61 Å². The molecule has 0 aromatic rings. The predicted octanol–water partition coefficient (Wildman–Crippen LogP) is 5.83. The average Bonchev–Trinajstić information content (AvgIpc) is 2.69. The molecule has 0 aromatic carbocycles. The van der Waals surface area contributed by atoms with Crippen LogP contribution in [0.2, 0.25) is 33.2 Å². The van der Waals surface area contributed by atoms with Gasteiger partial charge in [0.2, 0.25) is 16.6 Å². The van der Waals surface area contributed by atoms with Crippen LogP contribution in [-0.2, 0) is 18.3 Å². The van der Waals surface area contributed by atoms with Crippen molar-refractivity contribution < 1.29 is 28.5 Å². The molecule has 1 fully saturated rings. The molecule has 0 radical (unpaired) electrons. The number of rotatable bonds is 12. The van der Waals surface area contributed by atoms with Crippen LogP contribution < -0.4 is 0 Å². The van der Waals surface area contributed by atoms with Crippen LogP contribution in [0.4, 0.5) is 0 Å². The quantitative estimate of drug-likeness (QED) is 0.324. The lowest BCUT2D eigenvalue weighted by atomic mass is 9.99. The lowest BCUT2D eigenvalue weighted by Gasteiger charge is -2.54. The van der Waals surface area contributed by atoms with E-state index in [-0.39, 0.29) is 6.61 Å². The summed E-state index contributed by atoms with van der Waals surface area (Å²) in [6, 6.07) is 0.